The molecule has 0 saturated carbocycles. The first-order chi connectivity index (χ1) is 11.6. The smallest absolute Gasteiger partial charge is 0.189 e. The molecule has 2 heterocycles. The van der Waals surface area contributed by atoms with E-state index < -0.39 is 0 Å². The summed E-state index contributed by atoms with van der Waals surface area (Å²) in [5, 5.41) is 3.94. The van der Waals surface area contributed by atoms with E-state index in [1.54, 1.807) is 24.4 Å². The molecule has 24 heavy (non-hydrogen) atoms. The Bertz CT molecular complexity index is 615. The average molecular weight is 326 g/mol. The summed E-state index contributed by atoms with van der Waals surface area (Å²) in [6.45, 7) is 16.1. The van der Waals surface area contributed by atoms with Crippen LogP contribution in [0, 0.1) is 0 Å². The molecule has 5 nitrogen and oxygen atoms in total. The molecule has 2 aromatic rings. The molecule has 0 fully saturated rings. The van der Waals surface area contributed by atoms with Gasteiger partial charge in [0.05, 0.1) is 7.85 Å². The van der Waals surface area contributed by atoms with Crippen molar-refractivity contribution in [1.82, 2.24) is 15.1 Å². The van der Waals surface area contributed by atoms with Crippen molar-refractivity contribution in [1.29, 1.82) is 0 Å². The summed E-state index contributed by atoms with van der Waals surface area (Å²) in [5.41, 5.74) is 8.03. The van der Waals surface area contributed by atoms with Gasteiger partial charge in [-0.15, -0.1) is 0 Å². The monoisotopic (exact) mass is 326 g/mol. The highest BCUT2D eigenvalue weighted by molar-refractivity contribution is 6.05. The van der Waals surface area contributed by atoms with Gasteiger partial charge in [-0.2, -0.15) is 0 Å². The van der Waals surface area contributed by atoms with Crippen LogP contribution in [0.5, 0.6) is 0 Å². The van der Waals surface area contributed by atoms with Gasteiger partial charge in [0, 0.05) is 18.5 Å². The Balaban J connectivity index is 0. The lowest BCUT2D eigenvalue weighted by Crippen LogP contribution is -1.94. The molecular weight excluding hydrogens is 299 g/mol. The molecule has 128 valence electrons. The van der Waals surface area contributed by atoms with Gasteiger partial charge in [-0.1, -0.05) is 57.2 Å². The first-order valence-electron chi connectivity index (χ1n) is 7.62. The van der Waals surface area contributed by atoms with E-state index in [2.05, 4.69) is 36.1 Å². The van der Waals surface area contributed by atoms with Crippen LogP contribution in [0.2, 0.25) is 6.82 Å². The standard InChI is InChI=1S/C11H12N4O.C4H6.C2H6.CH3B/c1-3-7(2)8-6-9(16-15-8)10-11(12)14-5-4-13-10;1-3-4-2;2*1-2/h3-6H,1-2H3,(H2,12,14);3-4H,1-2H2;1-2H3;1H3/b7-3+;;;. The minimum Gasteiger partial charge on any atom is -0.382 e. The molecule has 0 saturated heterocycles. The zero-order chi connectivity index (χ0) is 19.0. The predicted molar refractivity (Wildman–Crippen MR) is 105 cm³/mol. The van der Waals surface area contributed by atoms with Crippen LogP contribution >= 0.6 is 0 Å². The maximum Gasteiger partial charge on any atom is 0.189 e. The molecule has 2 rings (SSSR count). The zero-order valence-corrected chi connectivity index (χ0v) is 15.3. The topological polar surface area (TPSA) is 77.8 Å². The predicted octanol–water partition coefficient (Wildman–Crippen LogP) is 4.72. The number of allylic oxidation sites excluding steroid dienone is 4. The van der Waals surface area contributed by atoms with E-state index in [-0.39, 0.29) is 0 Å². The molecule has 0 aromatic carbocycles. The summed E-state index contributed by atoms with van der Waals surface area (Å²) in [4.78, 5) is 8.05. The van der Waals surface area contributed by atoms with Crippen molar-refractivity contribution in [3.05, 3.63) is 55.5 Å². The maximum absolute atomic E-state index is 5.69. The molecule has 0 amide bonds. The van der Waals surface area contributed by atoms with E-state index in [0.29, 0.717) is 17.3 Å². The van der Waals surface area contributed by atoms with Crippen LogP contribution < -0.4 is 5.73 Å². The highest BCUT2D eigenvalue weighted by Crippen LogP contribution is 2.24. The summed E-state index contributed by atoms with van der Waals surface area (Å²) in [5.74, 6) is 0.866. The minimum absolute atomic E-state index is 0.336. The number of nitrogen functional groups attached to an aromatic ring is 1. The van der Waals surface area contributed by atoms with Crippen molar-refractivity contribution in [2.24, 2.45) is 0 Å². The van der Waals surface area contributed by atoms with Gasteiger partial charge in [0.15, 0.2) is 17.3 Å². The molecule has 0 aliphatic rings. The van der Waals surface area contributed by atoms with Gasteiger partial charge in [0.1, 0.15) is 5.69 Å². The van der Waals surface area contributed by atoms with Crippen LogP contribution in [0.1, 0.15) is 33.4 Å². The van der Waals surface area contributed by atoms with Crippen LogP contribution in [-0.2, 0) is 0 Å². The Morgan fingerprint density at radius 1 is 1.17 bits per heavy atom. The second kappa shape index (κ2) is 15.3. The summed E-state index contributed by atoms with van der Waals surface area (Å²) >= 11 is 0. The van der Waals surface area contributed by atoms with E-state index in [4.69, 9.17) is 10.3 Å². The molecule has 2 N–H and O–H groups in total. The molecule has 2 aromatic heterocycles. The first-order valence-corrected chi connectivity index (χ1v) is 7.62. The van der Waals surface area contributed by atoms with Gasteiger partial charge in [0.25, 0.3) is 0 Å². The van der Waals surface area contributed by atoms with Crippen molar-refractivity contribution in [2.45, 2.75) is 34.5 Å². The summed E-state index contributed by atoms with van der Waals surface area (Å²) < 4.78 is 5.18. The van der Waals surface area contributed by atoms with Gasteiger partial charge in [-0.05, 0) is 19.4 Å². The number of aromatic nitrogens is 3. The van der Waals surface area contributed by atoms with Crippen molar-refractivity contribution >= 4 is 19.2 Å². The van der Waals surface area contributed by atoms with E-state index in [1.807, 2.05) is 33.8 Å². The second-order valence-electron chi connectivity index (χ2n) is 3.81. The number of nitrogens with zero attached hydrogens (tertiary/aromatic N) is 3. The third kappa shape index (κ3) is 8.12. The third-order valence-electron chi connectivity index (χ3n) is 2.47. The number of nitrogens with two attached hydrogens (primary N) is 1. The van der Waals surface area contributed by atoms with Crippen molar-refractivity contribution in [2.75, 3.05) is 5.73 Å². The Hall–Kier alpha value is -2.63. The molecule has 0 bridgehead atoms. The van der Waals surface area contributed by atoms with Crippen molar-refractivity contribution in [3.8, 4) is 11.5 Å². The van der Waals surface area contributed by atoms with E-state index in [9.17, 15) is 0 Å². The molecule has 0 spiro atoms. The average Bonchev–Trinajstić information content (AvgIpc) is 3.15. The van der Waals surface area contributed by atoms with E-state index in [1.165, 1.54) is 13.0 Å². The van der Waals surface area contributed by atoms with E-state index >= 15 is 0 Å². The Morgan fingerprint density at radius 2 is 1.71 bits per heavy atom. The number of rotatable bonds is 3. The Labute approximate surface area is 146 Å². The molecule has 6 heteroatoms. The van der Waals surface area contributed by atoms with Crippen LogP contribution in [0.4, 0.5) is 5.82 Å². The van der Waals surface area contributed by atoms with Crippen LogP contribution in [0.15, 0.2) is 54.4 Å². The molecule has 2 radical (unpaired) electrons. The number of hydrogen-bond donors (Lipinski definition) is 1. The molecule has 0 aliphatic carbocycles. The molecular formula is C18H27BN4O. The summed E-state index contributed by atoms with van der Waals surface area (Å²) in [6.07, 6.45) is 8.34. The van der Waals surface area contributed by atoms with Gasteiger partial charge in [0.2, 0.25) is 0 Å². The highest BCUT2D eigenvalue weighted by Gasteiger charge is 2.11. The van der Waals surface area contributed by atoms with Gasteiger partial charge >= 0.3 is 0 Å². The first kappa shape index (κ1) is 23.6. The van der Waals surface area contributed by atoms with E-state index in [0.717, 1.165) is 11.3 Å². The lowest BCUT2D eigenvalue weighted by atomic mass is 10.2. The maximum atomic E-state index is 5.69. The van der Waals surface area contributed by atoms with Gasteiger partial charge in [-0.3, -0.25) is 0 Å². The minimum atomic E-state index is 0.336. The van der Waals surface area contributed by atoms with Crippen molar-refractivity contribution < 1.29 is 4.52 Å². The van der Waals surface area contributed by atoms with Crippen LogP contribution in [0.25, 0.3) is 17.0 Å². The molecule has 0 aliphatic heterocycles. The number of hydrogen-bond acceptors (Lipinski definition) is 5. The number of anilines is 1. The fraction of sp³-hybridized carbons (Fsp3) is 0.278. The normalized spacial score (nSPS) is 9.12. The quantitative estimate of drug-likeness (QED) is 0.652. The van der Waals surface area contributed by atoms with Gasteiger partial charge in [-0.25, -0.2) is 9.97 Å². The lowest BCUT2D eigenvalue weighted by molar-refractivity contribution is 0.429. The molecule has 0 unspecified atom stereocenters. The molecule has 0 atom stereocenters. The largest absolute Gasteiger partial charge is 0.382 e. The van der Waals surface area contributed by atoms with Gasteiger partial charge < -0.3 is 10.3 Å². The fourth-order valence-electron chi connectivity index (χ4n) is 1.26. The SMILES string of the molecule is C/C=C(\C)c1cc(-c2nccnc2N)on1.C=CC=C.CC.[B]C. The summed E-state index contributed by atoms with van der Waals surface area (Å²) in [7, 11) is 4.50. The highest BCUT2D eigenvalue weighted by atomic mass is 16.5. The second-order valence-corrected chi connectivity index (χ2v) is 3.81. The Kier molecular flexibility index (Phi) is 15.0. The van der Waals surface area contributed by atoms with Crippen LogP contribution in [-0.4, -0.2) is 23.0 Å². The lowest BCUT2D eigenvalue weighted by Gasteiger charge is -1.96. The zero-order valence-electron chi connectivity index (χ0n) is 15.3. The third-order valence-corrected chi connectivity index (χ3v) is 2.47. The summed E-state index contributed by atoms with van der Waals surface area (Å²) in [6, 6.07) is 1.80. The van der Waals surface area contributed by atoms with Crippen molar-refractivity contribution in [3.63, 3.8) is 0 Å². The Morgan fingerprint density at radius 3 is 2.17 bits per heavy atom. The fourth-order valence-corrected chi connectivity index (χ4v) is 1.26. The van der Waals surface area contributed by atoms with Crippen LogP contribution in [0.3, 0.4) is 0 Å².